The number of hydrogen-bond donors (Lipinski definition) is 2. The molecule has 262 valence electrons. The maximum Gasteiger partial charge on any atom is 0.338 e. The second-order valence-corrected chi connectivity index (χ2v) is 13.1. The summed E-state index contributed by atoms with van der Waals surface area (Å²) in [5, 5.41) is 14.9. The summed E-state index contributed by atoms with van der Waals surface area (Å²) >= 11 is 7.84. The molecule has 2 atom stereocenters. The van der Waals surface area contributed by atoms with Crippen molar-refractivity contribution in [2.45, 2.75) is 12.1 Å². The van der Waals surface area contributed by atoms with Crippen LogP contribution in [0.4, 0.5) is 19.4 Å². The monoisotopic (exact) mass is 735 g/mol. The number of methoxy groups -OCH3 is 1. The largest absolute Gasteiger partial charge is 0.478 e. The highest BCUT2D eigenvalue weighted by Crippen LogP contribution is 2.37. The molecule has 13 nitrogen and oxygen atoms in total. The number of ether oxygens (including phenoxy) is 2. The number of amides is 2. The third kappa shape index (κ3) is 6.85. The molecule has 1 unspecified atom stereocenters. The number of carbonyl (C=O) groups excluding carboxylic acids is 2. The van der Waals surface area contributed by atoms with Gasteiger partial charge in [-0.2, -0.15) is 0 Å². The fourth-order valence-electron chi connectivity index (χ4n) is 6.23. The average molecular weight is 736 g/mol. The molecule has 2 amide bonds. The van der Waals surface area contributed by atoms with Crippen molar-refractivity contribution >= 4 is 52.6 Å². The van der Waals surface area contributed by atoms with Gasteiger partial charge in [-0.05, 0) is 42.5 Å². The van der Waals surface area contributed by atoms with Gasteiger partial charge in [-0.1, -0.05) is 17.7 Å². The molecule has 2 fully saturated rings. The van der Waals surface area contributed by atoms with Crippen molar-refractivity contribution in [3.8, 4) is 11.5 Å². The lowest BCUT2D eigenvalue weighted by atomic mass is 9.95. The third-order valence-corrected chi connectivity index (χ3v) is 9.75. The zero-order chi connectivity index (χ0) is 35.8. The number of aliphatic imine (C=N–C) groups is 1. The van der Waals surface area contributed by atoms with Crippen LogP contribution in [0.2, 0.25) is 5.02 Å². The summed E-state index contributed by atoms with van der Waals surface area (Å²) in [7, 11) is 1.28. The molecule has 2 aromatic heterocycles. The van der Waals surface area contributed by atoms with Crippen molar-refractivity contribution in [3.05, 3.63) is 110 Å². The number of thiazole rings is 1. The highest BCUT2D eigenvalue weighted by molar-refractivity contribution is 7.11. The molecule has 3 aliphatic rings. The van der Waals surface area contributed by atoms with E-state index in [-0.39, 0.29) is 46.3 Å². The molecule has 5 heterocycles. The van der Waals surface area contributed by atoms with Gasteiger partial charge in [0, 0.05) is 54.0 Å². The summed E-state index contributed by atoms with van der Waals surface area (Å²) in [4.78, 5) is 56.9. The fourth-order valence-corrected chi connectivity index (χ4v) is 7.09. The lowest BCUT2D eigenvalue weighted by Gasteiger charge is -2.38. The quantitative estimate of drug-likeness (QED) is 0.222. The molecule has 2 N–H and O–H groups in total. The standard InChI is InChI=1S/C34H28ClF2N7O6S/c1-49-33(47)28-25(40-30(31-38-8-11-51-31)41-29(28)22-5-3-19(36)13-23(22)35)17-42-9-10-43-20(15-42)16-44(34(43)48)27-7-4-21(14-39-27)50-26-6-2-18(32(45)46)12-24(26)37/h2-8,11-14,20,29H,9-10,15-17H2,1H3,(H,40,41)(H,45,46)/t20-,29?/m0/s1. The molecule has 0 saturated carbocycles. The van der Waals surface area contributed by atoms with Gasteiger partial charge in [0.2, 0.25) is 0 Å². The number of esters is 1. The molecule has 4 aromatic rings. The van der Waals surface area contributed by atoms with Crippen molar-refractivity contribution in [1.29, 1.82) is 0 Å². The minimum Gasteiger partial charge on any atom is -0.478 e. The molecule has 51 heavy (non-hydrogen) atoms. The first-order chi connectivity index (χ1) is 24.6. The number of nitrogens with zero attached hydrogens (tertiary/aromatic N) is 6. The van der Waals surface area contributed by atoms with Gasteiger partial charge in [-0.3, -0.25) is 14.8 Å². The van der Waals surface area contributed by atoms with Crippen molar-refractivity contribution in [3.63, 3.8) is 0 Å². The number of carboxylic acids is 1. The fraction of sp³-hybridized carbons (Fsp3) is 0.235. The molecule has 17 heteroatoms. The van der Waals surface area contributed by atoms with Gasteiger partial charge in [0.1, 0.15) is 23.4 Å². The molecule has 0 bridgehead atoms. The number of pyridine rings is 1. The van der Waals surface area contributed by atoms with Gasteiger partial charge in [0.15, 0.2) is 22.4 Å². The molecule has 0 spiro atoms. The molecule has 2 saturated heterocycles. The number of carbonyl (C=O) groups is 3. The number of rotatable bonds is 9. The highest BCUT2D eigenvalue weighted by Gasteiger charge is 2.43. The number of aromatic nitrogens is 2. The number of fused-ring (bicyclic) bond motifs is 1. The van der Waals surface area contributed by atoms with Gasteiger partial charge in [-0.25, -0.2) is 33.1 Å². The minimum atomic E-state index is -1.26. The maximum absolute atomic E-state index is 14.4. The third-order valence-electron chi connectivity index (χ3n) is 8.65. The normalized spacial score (nSPS) is 19.1. The van der Waals surface area contributed by atoms with Crippen LogP contribution in [0.3, 0.4) is 0 Å². The minimum absolute atomic E-state index is 0.109. The number of amidine groups is 1. The molecule has 0 aliphatic carbocycles. The van der Waals surface area contributed by atoms with E-state index in [0.29, 0.717) is 54.1 Å². The van der Waals surface area contributed by atoms with Crippen LogP contribution in [0.5, 0.6) is 11.5 Å². The molecule has 0 radical (unpaired) electrons. The van der Waals surface area contributed by atoms with Crippen molar-refractivity contribution < 1.29 is 37.7 Å². The van der Waals surface area contributed by atoms with Crippen molar-refractivity contribution in [2.24, 2.45) is 4.99 Å². The molecule has 3 aliphatic heterocycles. The van der Waals surface area contributed by atoms with E-state index in [4.69, 9.17) is 31.2 Å². The van der Waals surface area contributed by atoms with E-state index in [1.54, 1.807) is 33.5 Å². The predicted molar refractivity (Wildman–Crippen MR) is 182 cm³/mol. The van der Waals surface area contributed by atoms with Crippen LogP contribution in [-0.2, 0) is 9.53 Å². The van der Waals surface area contributed by atoms with Gasteiger partial charge in [0.25, 0.3) is 0 Å². The van der Waals surface area contributed by atoms with E-state index in [0.717, 1.165) is 6.07 Å². The number of hydrogen-bond acceptors (Lipinski definition) is 11. The van der Waals surface area contributed by atoms with Crippen LogP contribution in [0, 0.1) is 11.6 Å². The van der Waals surface area contributed by atoms with Crippen molar-refractivity contribution in [1.82, 2.24) is 25.1 Å². The van der Waals surface area contributed by atoms with E-state index < -0.39 is 29.6 Å². The number of anilines is 1. The van der Waals surface area contributed by atoms with Gasteiger partial charge < -0.3 is 24.8 Å². The van der Waals surface area contributed by atoms with Crippen LogP contribution in [0.1, 0.15) is 27.0 Å². The highest BCUT2D eigenvalue weighted by atomic mass is 35.5. The summed E-state index contributed by atoms with van der Waals surface area (Å²) in [6.07, 6.45) is 3.00. The topological polar surface area (TPSA) is 150 Å². The van der Waals surface area contributed by atoms with Gasteiger partial charge in [0.05, 0.1) is 37.0 Å². The number of urea groups is 1. The summed E-state index contributed by atoms with van der Waals surface area (Å²) in [6, 6.07) is 9.07. The van der Waals surface area contributed by atoms with Crippen LogP contribution < -0.4 is 15.0 Å². The number of halogens is 3. The second kappa shape index (κ2) is 14.0. The predicted octanol–water partition coefficient (Wildman–Crippen LogP) is 5.10. The van der Waals surface area contributed by atoms with Crippen molar-refractivity contribution in [2.75, 3.05) is 44.7 Å². The van der Waals surface area contributed by atoms with Crippen LogP contribution in [0.15, 0.2) is 82.6 Å². The summed E-state index contributed by atoms with van der Waals surface area (Å²) in [5.74, 6) is -2.40. The number of carboxylic acid groups (broad SMARTS) is 1. The average Bonchev–Trinajstić information content (AvgIpc) is 3.77. The van der Waals surface area contributed by atoms with Crippen LogP contribution in [-0.4, -0.2) is 94.6 Å². The Hall–Kier alpha value is -5.45. The Bertz CT molecular complexity index is 2080. The first-order valence-corrected chi connectivity index (χ1v) is 16.8. The Kier molecular flexibility index (Phi) is 9.37. The van der Waals surface area contributed by atoms with E-state index in [9.17, 15) is 23.2 Å². The Morgan fingerprint density at radius 2 is 1.94 bits per heavy atom. The molecule has 7 rings (SSSR count). The lowest BCUT2D eigenvalue weighted by Crippen LogP contribution is -2.53. The maximum atomic E-state index is 14.4. The van der Waals surface area contributed by atoms with Crippen LogP contribution in [0.25, 0.3) is 0 Å². The van der Waals surface area contributed by atoms with E-state index in [1.807, 2.05) is 0 Å². The Morgan fingerprint density at radius 3 is 2.63 bits per heavy atom. The first kappa shape index (κ1) is 34.0. The summed E-state index contributed by atoms with van der Waals surface area (Å²) in [6.45, 7) is 1.99. The van der Waals surface area contributed by atoms with Gasteiger partial charge >= 0.3 is 18.0 Å². The zero-order valence-corrected chi connectivity index (χ0v) is 28.3. The number of nitrogens with one attached hydrogen (secondary N) is 1. The summed E-state index contributed by atoms with van der Waals surface area (Å²) < 4.78 is 39.1. The van der Waals surface area contributed by atoms with Crippen LogP contribution >= 0.6 is 22.9 Å². The number of aromatic carboxylic acids is 1. The second-order valence-electron chi connectivity index (χ2n) is 11.8. The lowest BCUT2D eigenvalue weighted by molar-refractivity contribution is -0.136. The molecular weight excluding hydrogens is 708 g/mol. The van der Waals surface area contributed by atoms with E-state index in [1.165, 1.54) is 55.0 Å². The van der Waals surface area contributed by atoms with Gasteiger partial charge in [-0.15, -0.1) is 11.3 Å². The molecule has 2 aromatic carbocycles. The smallest absolute Gasteiger partial charge is 0.338 e. The SMILES string of the molecule is COC(=O)C1=C(CN2CCN3C(=O)N(c4ccc(Oc5ccc(C(=O)O)cc5F)cn4)C[C@@H]3C2)NC(c2nccs2)=NC1c1ccc(F)cc1Cl. The Balaban J connectivity index is 1.09. The molecular formula is C34H28ClF2N7O6S. The Labute approximate surface area is 298 Å². The number of benzene rings is 2. The van der Waals surface area contributed by atoms with E-state index in [2.05, 4.69) is 20.2 Å². The van der Waals surface area contributed by atoms with E-state index >= 15 is 0 Å². The zero-order valence-electron chi connectivity index (χ0n) is 26.8. The summed E-state index contributed by atoms with van der Waals surface area (Å²) in [5.41, 5.74) is 0.967. The number of piperazine rings is 1. The first-order valence-electron chi connectivity index (χ1n) is 15.6. The Morgan fingerprint density at radius 1 is 1.10 bits per heavy atom.